The van der Waals surface area contributed by atoms with Gasteiger partial charge in [0.15, 0.2) is 0 Å². The Kier molecular flexibility index (Phi) is 8.98. The van der Waals surface area contributed by atoms with Gasteiger partial charge in [-0.25, -0.2) is 0 Å². The molecule has 0 amide bonds. The van der Waals surface area contributed by atoms with E-state index >= 15 is 0 Å². The molecule has 0 bridgehead atoms. The normalized spacial score (nSPS) is 12.1. The topological polar surface area (TPSA) is 80.5 Å². The van der Waals surface area contributed by atoms with Gasteiger partial charge >= 0.3 is 5.97 Å². The summed E-state index contributed by atoms with van der Waals surface area (Å²) in [5.74, 6) is 0.737. The van der Waals surface area contributed by atoms with Crippen LogP contribution in [0.1, 0.15) is 46.0 Å². The average Bonchev–Trinajstić information content (AvgIpc) is 2.70. The van der Waals surface area contributed by atoms with Crippen molar-refractivity contribution < 1.29 is 19.4 Å². The van der Waals surface area contributed by atoms with Crippen LogP contribution in [0.3, 0.4) is 0 Å². The largest absolute Gasteiger partial charge is 0.494 e. The number of carboxylic acids is 1. The number of aliphatic carboxylic acids is 1. The molecule has 0 saturated heterocycles. The van der Waals surface area contributed by atoms with Crippen molar-refractivity contribution in [3.8, 4) is 11.5 Å². The van der Waals surface area contributed by atoms with E-state index in [0.717, 1.165) is 36.4 Å². The molecule has 0 aliphatic carbocycles. The van der Waals surface area contributed by atoms with Gasteiger partial charge in [0.2, 0.25) is 0 Å². The lowest BCUT2D eigenvalue weighted by Crippen LogP contribution is -2.09. The highest BCUT2D eigenvalue weighted by Gasteiger charge is 2.06. The number of unbranched alkanes of at least 4 members (excludes halogenated alkanes) is 2. The summed E-state index contributed by atoms with van der Waals surface area (Å²) in [7, 11) is 0. The molecule has 2 aromatic rings. The summed E-state index contributed by atoms with van der Waals surface area (Å²) in [5, 5.41) is 17.2. The lowest BCUT2D eigenvalue weighted by atomic mass is 10.2. The smallest absolute Gasteiger partial charge is 0.303 e. The molecule has 28 heavy (non-hydrogen) atoms. The number of azo groups is 1. The van der Waals surface area contributed by atoms with Crippen molar-refractivity contribution in [2.24, 2.45) is 10.2 Å². The molecule has 0 saturated carbocycles. The molecule has 0 radical (unpaired) electrons. The Morgan fingerprint density at radius 1 is 1.04 bits per heavy atom. The highest BCUT2D eigenvalue weighted by atomic mass is 16.5. The van der Waals surface area contributed by atoms with Crippen LogP contribution in [0.5, 0.6) is 11.5 Å². The zero-order valence-corrected chi connectivity index (χ0v) is 16.5. The molecular formula is C22H28N2O4. The molecule has 1 N–H and O–H groups in total. The Balaban J connectivity index is 1.85. The number of rotatable bonds is 12. The van der Waals surface area contributed by atoms with Gasteiger partial charge in [-0.2, -0.15) is 5.11 Å². The predicted octanol–water partition coefficient (Wildman–Crippen LogP) is 6.30. The molecule has 2 aromatic carbocycles. The average molecular weight is 384 g/mol. The molecule has 0 aliphatic heterocycles. The van der Waals surface area contributed by atoms with Crippen LogP contribution < -0.4 is 9.47 Å². The van der Waals surface area contributed by atoms with Crippen molar-refractivity contribution in [2.45, 2.75) is 52.1 Å². The van der Waals surface area contributed by atoms with Gasteiger partial charge in [0.25, 0.3) is 0 Å². The number of carbonyl (C=O) groups is 1. The number of carboxylic acid groups (broad SMARTS) is 1. The molecule has 0 aliphatic rings. The van der Waals surface area contributed by atoms with Crippen molar-refractivity contribution in [2.75, 3.05) is 6.61 Å². The molecule has 6 heteroatoms. The quantitative estimate of drug-likeness (QED) is 0.344. The van der Waals surface area contributed by atoms with Crippen molar-refractivity contribution in [1.82, 2.24) is 0 Å². The summed E-state index contributed by atoms with van der Waals surface area (Å²) in [6.45, 7) is 4.67. The van der Waals surface area contributed by atoms with E-state index in [9.17, 15) is 4.79 Å². The van der Waals surface area contributed by atoms with Gasteiger partial charge in [-0.1, -0.05) is 19.1 Å². The first-order valence-corrected chi connectivity index (χ1v) is 9.70. The minimum Gasteiger partial charge on any atom is -0.494 e. The summed E-state index contributed by atoms with van der Waals surface area (Å²) >= 11 is 0. The summed E-state index contributed by atoms with van der Waals surface area (Å²) in [6, 6.07) is 15.0. The molecule has 0 fully saturated rings. The maximum absolute atomic E-state index is 10.5. The highest BCUT2D eigenvalue weighted by Crippen LogP contribution is 2.30. The van der Waals surface area contributed by atoms with Crippen LogP contribution in [0.2, 0.25) is 0 Å². The molecule has 0 spiro atoms. The summed E-state index contributed by atoms with van der Waals surface area (Å²) in [6.07, 6.45) is 3.62. The SMILES string of the molecule is CCC(C)Oc1ccccc1N=Nc1ccc(OCCCCCC(=O)O)cc1. The number of para-hydroxylation sites is 1. The fraction of sp³-hybridized carbons (Fsp3) is 0.409. The third-order valence-corrected chi connectivity index (χ3v) is 4.18. The Morgan fingerprint density at radius 2 is 1.79 bits per heavy atom. The van der Waals surface area contributed by atoms with Crippen molar-refractivity contribution in [3.05, 3.63) is 48.5 Å². The van der Waals surface area contributed by atoms with Crippen LogP contribution in [0, 0.1) is 0 Å². The van der Waals surface area contributed by atoms with Gasteiger partial charge < -0.3 is 14.6 Å². The van der Waals surface area contributed by atoms with E-state index in [4.69, 9.17) is 14.6 Å². The Labute approximate surface area is 166 Å². The van der Waals surface area contributed by atoms with E-state index in [1.165, 1.54) is 0 Å². The third kappa shape index (κ3) is 7.78. The number of benzene rings is 2. The van der Waals surface area contributed by atoms with E-state index in [1.807, 2.05) is 55.5 Å². The fourth-order valence-corrected chi connectivity index (χ4v) is 2.41. The van der Waals surface area contributed by atoms with Gasteiger partial charge in [-0.05, 0) is 69.0 Å². The zero-order chi connectivity index (χ0) is 20.2. The van der Waals surface area contributed by atoms with Crippen molar-refractivity contribution in [3.63, 3.8) is 0 Å². The van der Waals surface area contributed by atoms with Crippen molar-refractivity contribution >= 4 is 17.3 Å². The maximum atomic E-state index is 10.5. The van der Waals surface area contributed by atoms with E-state index in [0.29, 0.717) is 18.7 Å². The second-order valence-electron chi connectivity index (χ2n) is 6.55. The number of hydrogen-bond donors (Lipinski definition) is 1. The third-order valence-electron chi connectivity index (χ3n) is 4.18. The molecule has 150 valence electrons. The lowest BCUT2D eigenvalue weighted by molar-refractivity contribution is -0.137. The van der Waals surface area contributed by atoms with E-state index < -0.39 is 5.97 Å². The summed E-state index contributed by atoms with van der Waals surface area (Å²) < 4.78 is 11.5. The zero-order valence-electron chi connectivity index (χ0n) is 16.5. The van der Waals surface area contributed by atoms with Gasteiger partial charge in [-0.15, -0.1) is 5.11 Å². The number of ether oxygens (including phenoxy) is 2. The summed E-state index contributed by atoms with van der Waals surface area (Å²) in [4.78, 5) is 10.5. The molecule has 1 atom stereocenters. The highest BCUT2D eigenvalue weighted by molar-refractivity contribution is 5.66. The molecular weight excluding hydrogens is 356 g/mol. The lowest BCUT2D eigenvalue weighted by Gasteiger charge is -2.13. The molecule has 2 rings (SSSR count). The molecule has 6 nitrogen and oxygen atoms in total. The van der Waals surface area contributed by atoms with E-state index in [2.05, 4.69) is 17.2 Å². The van der Waals surface area contributed by atoms with Crippen LogP contribution in [-0.2, 0) is 4.79 Å². The first-order valence-electron chi connectivity index (χ1n) is 9.70. The van der Waals surface area contributed by atoms with Crippen LogP contribution in [-0.4, -0.2) is 23.8 Å². The predicted molar refractivity (Wildman–Crippen MR) is 109 cm³/mol. The van der Waals surface area contributed by atoms with E-state index in [1.54, 1.807) is 0 Å². The maximum Gasteiger partial charge on any atom is 0.303 e. The molecule has 0 heterocycles. The van der Waals surface area contributed by atoms with Gasteiger partial charge in [0.1, 0.15) is 17.2 Å². The second kappa shape index (κ2) is 11.7. The minimum atomic E-state index is -0.750. The standard InChI is InChI=1S/C22H28N2O4/c1-3-17(2)28-21-10-7-6-9-20(21)24-23-18-12-14-19(15-13-18)27-16-8-4-5-11-22(25)26/h6-7,9-10,12-15,17H,3-5,8,11,16H2,1-2H3,(H,25,26). The number of hydrogen-bond acceptors (Lipinski definition) is 5. The van der Waals surface area contributed by atoms with Crippen molar-refractivity contribution in [1.29, 1.82) is 0 Å². The molecule has 1 unspecified atom stereocenters. The first kappa shape index (κ1) is 21.4. The van der Waals surface area contributed by atoms with Crippen LogP contribution >= 0.6 is 0 Å². The minimum absolute atomic E-state index is 0.122. The summed E-state index contributed by atoms with van der Waals surface area (Å²) in [5.41, 5.74) is 1.43. The Bertz CT molecular complexity index is 759. The fourth-order valence-electron chi connectivity index (χ4n) is 2.41. The van der Waals surface area contributed by atoms with Crippen LogP contribution in [0.15, 0.2) is 58.8 Å². The van der Waals surface area contributed by atoms with Gasteiger partial charge in [0.05, 0.1) is 18.4 Å². The Morgan fingerprint density at radius 3 is 2.50 bits per heavy atom. The van der Waals surface area contributed by atoms with Gasteiger partial charge in [-0.3, -0.25) is 4.79 Å². The molecule has 0 aromatic heterocycles. The van der Waals surface area contributed by atoms with Crippen LogP contribution in [0.4, 0.5) is 11.4 Å². The Hall–Kier alpha value is -2.89. The first-order chi connectivity index (χ1) is 13.6. The van der Waals surface area contributed by atoms with Gasteiger partial charge in [0, 0.05) is 6.42 Å². The second-order valence-corrected chi connectivity index (χ2v) is 6.55. The van der Waals surface area contributed by atoms with E-state index in [-0.39, 0.29) is 12.5 Å². The monoisotopic (exact) mass is 384 g/mol. The van der Waals surface area contributed by atoms with Crippen LogP contribution in [0.25, 0.3) is 0 Å². The number of nitrogens with zero attached hydrogens (tertiary/aromatic N) is 2.